The summed E-state index contributed by atoms with van der Waals surface area (Å²) in [5.74, 6) is -10.4. The van der Waals surface area contributed by atoms with E-state index >= 15 is 0 Å². The van der Waals surface area contributed by atoms with Gasteiger partial charge in [0.1, 0.15) is 10.8 Å². The Bertz CT molecular complexity index is 842. The van der Waals surface area contributed by atoms with Crippen LogP contribution in [0.25, 0.3) is 0 Å². The van der Waals surface area contributed by atoms with Gasteiger partial charge in [-0.15, -0.1) is 0 Å². The topological polar surface area (TPSA) is 36.4 Å². The lowest BCUT2D eigenvalue weighted by molar-refractivity contribution is 0.0746. The first-order chi connectivity index (χ1) is 12.3. The maximum atomic E-state index is 13.9. The number of nitrogens with zero attached hydrogens (tertiary/aromatic N) is 3. The van der Waals surface area contributed by atoms with E-state index in [1.165, 1.54) is 23.2 Å². The standard InChI is InChI=1S/C16H11ClF5N3O/c17-15-8(2-1-3-23-15)16(26)25-6-4-24(5-7-25)14-12(21)10(19)9(18)11(20)13(14)22/h1-3H,4-7H2. The molecule has 1 amide bonds. The smallest absolute Gasteiger partial charge is 0.257 e. The quantitative estimate of drug-likeness (QED) is 0.341. The molecule has 26 heavy (non-hydrogen) atoms. The Morgan fingerprint density at radius 2 is 1.46 bits per heavy atom. The largest absolute Gasteiger partial charge is 0.363 e. The van der Waals surface area contributed by atoms with E-state index in [4.69, 9.17) is 11.6 Å². The van der Waals surface area contributed by atoms with Crippen molar-refractivity contribution in [3.8, 4) is 0 Å². The zero-order valence-corrected chi connectivity index (χ0v) is 13.8. The van der Waals surface area contributed by atoms with E-state index in [0.717, 1.165) is 4.90 Å². The molecular weight excluding hydrogens is 381 g/mol. The Balaban J connectivity index is 1.80. The van der Waals surface area contributed by atoms with E-state index in [9.17, 15) is 26.7 Å². The number of carbonyl (C=O) groups is 1. The highest BCUT2D eigenvalue weighted by molar-refractivity contribution is 6.32. The highest BCUT2D eigenvalue weighted by atomic mass is 35.5. The molecule has 0 spiro atoms. The van der Waals surface area contributed by atoms with Gasteiger partial charge in [0.25, 0.3) is 5.91 Å². The van der Waals surface area contributed by atoms with Gasteiger partial charge in [-0.1, -0.05) is 11.6 Å². The highest BCUT2D eigenvalue weighted by Crippen LogP contribution is 2.31. The van der Waals surface area contributed by atoms with Crippen LogP contribution in [-0.4, -0.2) is 42.0 Å². The second-order valence-electron chi connectivity index (χ2n) is 5.54. The molecule has 2 heterocycles. The Kier molecular flexibility index (Phi) is 4.99. The molecule has 3 rings (SSSR count). The van der Waals surface area contributed by atoms with Gasteiger partial charge < -0.3 is 9.80 Å². The molecule has 0 N–H and O–H groups in total. The summed E-state index contributed by atoms with van der Waals surface area (Å²) >= 11 is 5.87. The van der Waals surface area contributed by atoms with E-state index in [2.05, 4.69) is 4.98 Å². The first-order valence-corrected chi connectivity index (χ1v) is 7.87. The van der Waals surface area contributed by atoms with Gasteiger partial charge in [-0.3, -0.25) is 4.79 Å². The number of hydrogen-bond donors (Lipinski definition) is 0. The van der Waals surface area contributed by atoms with Crippen LogP contribution in [0.15, 0.2) is 18.3 Å². The SMILES string of the molecule is O=C(c1cccnc1Cl)N1CCN(c2c(F)c(F)c(F)c(F)c2F)CC1. The normalized spacial score (nSPS) is 14.7. The van der Waals surface area contributed by atoms with Gasteiger partial charge in [-0.05, 0) is 12.1 Å². The van der Waals surface area contributed by atoms with Crippen LogP contribution in [-0.2, 0) is 0 Å². The number of rotatable bonds is 2. The zero-order valence-electron chi connectivity index (χ0n) is 13.1. The van der Waals surface area contributed by atoms with Gasteiger partial charge in [0.2, 0.25) is 5.82 Å². The lowest BCUT2D eigenvalue weighted by atomic mass is 10.2. The molecule has 0 unspecified atom stereocenters. The predicted octanol–water partition coefficient (Wildman–Crippen LogP) is 3.39. The molecule has 1 aromatic carbocycles. The molecule has 2 aromatic rings. The molecule has 0 saturated carbocycles. The Hall–Kier alpha value is -2.42. The minimum atomic E-state index is -2.20. The van der Waals surface area contributed by atoms with Crippen LogP contribution in [0.5, 0.6) is 0 Å². The molecule has 0 radical (unpaired) electrons. The van der Waals surface area contributed by atoms with Crippen molar-refractivity contribution in [1.82, 2.24) is 9.88 Å². The lowest BCUT2D eigenvalue weighted by Gasteiger charge is -2.36. The molecule has 10 heteroatoms. The number of benzene rings is 1. The number of pyridine rings is 1. The Morgan fingerprint density at radius 1 is 0.923 bits per heavy atom. The first kappa shape index (κ1) is 18.4. The van der Waals surface area contributed by atoms with E-state index in [0.29, 0.717) is 0 Å². The molecule has 0 aliphatic carbocycles. The number of carbonyl (C=O) groups excluding carboxylic acids is 1. The number of amides is 1. The molecule has 1 saturated heterocycles. The third-order valence-corrected chi connectivity index (χ3v) is 4.36. The van der Waals surface area contributed by atoms with Crippen LogP contribution in [0.3, 0.4) is 0 Å². The summed E-state index contributed by atoms with van der Waals surface area (Å²) in [6.07, 6.45) is 1.42. The average molecular weight is 392 g/mol. The van der Waals surface area contributed by atoms with Crippen LogP contribution >= 0.6 is 11.6 Å². The van der Waals surface area contributed by atoms with Gasteiger partial charge >= 0.3 is 0 Å². The average Bonchev–Trinajstić information content (AvgIpc) is 2.65. The van der Waals surface area contributed by atoms with Gasteiger partial charge in [0.15, 0.2) is 23.3 Å². The van der Waals surface area contributed by atoms with Crippen LogP contribution in [0.1, 0.15) is 10.4 Å². The third kappa shape index (κ3) is 3.07. The highest BCUT2D eigenvalue weighted by Gasteiger charge is 2.32. The van der Waals surface area contributed by atoms with Crippen molar-refractivity contribution in [1.29, 1.82) is 0 Å². The fourth-order valence-corrected chi connectivity index (χ4v) is 2.92. The number of anilines is 1. The molecule has 4 nitrogen and oxygen atoms in total. The number of aromatic nitrogens is 1. The van der Waals surface area contributed by atoms with Gasteiger partial charge in [0, 0.05) is 32.4 Å². The zero-order chi connectivity index (χ0) is 19.0. The molecular formula is C16H11ClF5N3O. The van der Waals surface area contributed by atoms with Crippen molar-refractivity contribution in [2.24, 2.45) is 0 Å². The number of halogens is 6. The van der Waals surface area contributed by atoms with Crippen molar-refractivity contribution < 1.29 is 26.7 Å². The third-order valence-electron chi connectivity index (χ3n) is 4.06. The second-order valence-corrected chi connectivity index (χ2v) is 5.90. The molecule has 0 atom stereocenters. The van der Waals surface area contributed by atoms with Crippen LogP contribution < -0.4 is 4.90 Å². The Morgan fingerprint density at radius 3 is 2.00 bits per heavy atom. The fraction of sp³-hybridized carbons (Fsp3) is 0.250. The number of hydrogen-bond acceptors (Lipinski definition) is 3. The lowest BCUT2D eigenvalue weighted by Crippen LogP contribution is -2.49. The van der Waals surface area contributed by atoms with Crippen molar-refractivity contribution in [2.45, 2.75) is 0 Å². The summed E-state index contributed by atoms with van der Waals surface area (Å²) in [7, 11) is 0. The number of piperazine rings is 1. The minimum absolute atomic E-state index is 0.0136. The molecule has 1 aromatic heterocycles. The van der Waals surface area contributed by atoms with E-state index in [1.54, 1.807) is 0 Å². The van der Waals surface area contributed by atoms with E-state index < -0.39 is 40.7 Å². The van der Waals surface area contributed by atoms with Crippen molar-refractivity contribution >= 4 is 23.2 Å². The van der Waals surface area contributed by atoms with Gasteiger partial charge in [-0.2, -0.15) is 0 Å². The van der Waals surface area contributed by atoms with Crippen LogP contribution in [0.2, 0.25) is 5.15 Å². The molecule has 1 aliphatic rings. The maximum Gasteiger partial charge on any atom is 0.257 e. The molecule has 1 fully saturated rings. The monoisotopic (exact) mass is 391 g/mol. The Labute approximate surface area is 149 Å². The predicted molar refractivity (Wildman–Crippen MR) is 83.6 cm³/mol. The minimum Gasteiger partial charge on any atom is -0.363 e. The van der Waals surface area contributed by atoms with Crippen LogP contribution in [0.4, 0.5) is 27.6 Å². The summed E-state index contributed by atoms with van der Waals surface area (Å²) in [5, 5.41) is 0.0136. The van der Waals surface area contributed by atoms with Crippen molar-refractivity contribution in [2.75, 3.05) is 31.1 Å². The van der Waals surface area contributed by atoms with Crippen LogP contribution in [0, 0.1) is 29.1 Å². The van der Waals surface area contributed by atoms with Gasteiger partial charge in [0.05, 0.1) is 5.56 Å². The van der Waals surface area contributed by atoms with Gasteiger partial charge in [-0.25, -0.2) is 26.9 Å². The second kappa shape index (κ2) is 7.06. The van der Waals surface area contributed by atoms with E-state index in [-0.39, 0.29) is 36.9 Å². The van der Waals surface area contributed by atoms with Crippen molar-refractivity contribution in [3.05, 3.63) is 58.1 Å². The van der Waals surface area contributed by atoms with E-state index in [1.807, 2.05) is 0 Å². The maximum absolute atomic E-state index is 13.9. The fourth-order valence-electron chi connectivity index (χ4n) is 2.72. The summed E-state index contributed by atoms with van der Waals surface area (Å²) in [6.45, 7) is -0.183. The molecule has 0 bridgehead atoms. The van der Waals surface area contributed by atoms with Crippen molar-refractivity contribution in [3.63, 3.8) is 0 Å². The molecule has 1 aliphatic heterocycles. The summed E-state index contributed by atoms with van der Waals surface area (Å²) < 4.78 is 67.6. The molecule has 138 valence electrons. The first-order valence-electron chi connectivity index (χ1n) is 7.49. The summed E-state index contributed by atoms with van der Waals surface area (Å²) in [4.78, 5) is 18.6. The summed E-state index contributed by atoms with van der Waals surface area (Å²) in [5.41, 5.74) is -0.827. The summed E-state index contributed by atoms with van der Waals surface area (Å²) in [6, 6.07) is 3.01.